The summed E-state index contributed by atoms with van der Waals surface area (Å²) in [6.07, 6.45) is 10.1. The van der Waals surface area contributed by atoms with E-state index in [2.05, 4.69) is 33.0 Å². The van der Waals surface area contributed by atoms with Gasteiger partial charge in [-0.15, -0.1) is 0 Å². The predicted molar refractivity (Wildman–Crippen MR) is 85.7 cm³/mol. The molecule has 0 amide bonds. The monoisotopic (exact) mass is 271 g/mol. The quantitative estimate of drug-likeness (QED) is 0.459. The summed E-state index contributed by atoms with van der Waals surface area (Å²) >= 11 is 0. The first kappa shape index (κ1) is 18.9. The third-order valence-electron chi connectivity index (χ3n) is 3.91. The van der Waals surface area contributed by atoms with E-state index in [1.807, 2.05) is 0 Å². The fourth-order valence-electron chi connectivity index (χ4n) is 2.38. The molecule has 0 saturated carbocycles. The molecule has 0 radical (unpaired) electrons. The number of nitrogens with one attached hydrogen (secondary N) is 1. The van der Waals surface area contributed by atoms with Gasteiger partial charge in [0.1, 0.15) is 0 Å². The summed E-state index contributed by atoms with van der Waals surface area (Å²) in [5.74, 6) is 0.778. The fraction of sp³-hybridized carbons (Fsp3) is 1.00. The Bertz CT molecular complexity index is 155. The van der Waals surface area contributed by atoms with Gasteiger partial charge in [-0.05, 0) is 44.6 Å². The van der Waals surface area contributed by atoms with Crippen LogP contribution < -0.4 is 5.32 Å². The molecule has 2 heteroatoms. The number of rotatable bonds is 14. The Labute approximate surface area is 121 Å². The van der Waals surface area contributed by atoms with Gasteiger partial charge >= 0.3 is 0 Å². The van der Waals surface area contributed by atoms with Crippen LogP contribution in [0.15, 0.2) is 0 Å². The lowest BCUT2D eigenvalue weighted by Crippen LogP contribution is -2.29. The zero-order chi connectivity index (χ0) is 14.3. The Balaban J connectivity index is 3.50. The molecular weight excluding hydrogens is 234 g/mol. The van der Waals surface area contributed by atoms with E-state index in [9.17, 15) is 0 Å². The van der Waals surface area contributed by atoms with Gasteiger partial charge in [-0.3, -0.25) is 0 Å². The molecular formula is C17H37NO. The zero-order valence-electron chi connectivity index (χ0n) is 13.8. The molecule has 0 saturated heterocycles. The number of hydrogen-bond acceptors (Lipinski definition) is 2. The van der Waals surface area contributed by atoms with Gasteiger partial charge < -0.3 is 10.1 Å². The summed E-state index contributed by atoms with van der Waals surface area (Å²) in [6.45, 7) is 12.1. The van der Waals surface area contributed by atoms with E-state index in [0.29, 0.717) is 6.04 Å². The largest absolute Gasteiger partial charge is 0.381 e. The van der Waals surface area contributed by atoms with Crippen molar-refractivity contribution >= 4 is 0 Å². The molecule has 0 aromatic rings. The highest BCUT2D eigenvalue weighted by Gasteiger charge is 2.07. The van der Waals surface area contributed by atoms with Crippen LogP contribution in [0, 0.1) is 5.92 Å². The topological polar surface area (TPSA) is 21.3 Å². The van der Waals surface area contributed by atoms with Crippen molar-refractivity contribution in [2.75, 3.05) is 19.8 Å². The standard InChI is InChI=1S/C17H37NO/c1-5-9-11-16(7-3)15-19-14-10-12-17(8-4)18-13-6-2/h16-18H,5-15H2,1-4H3. The van der Waals surface area contributed by atoms with E-state index >= 15 is 0 Å². The van der Waals surface area contributed by atoms with Gasteiger partial charge in [0.05, 0.1) is 0 Å². The predicted octanol–water partition coefficient (Wildman–Crippen LogP) is 4.78. The minimum atomic E-state index is 0.686. The lowest BCUT2D eigenvalue weighted by Gasteiger charge is -2.17. The average Bonchev–Trinajstić information content (AvgIpc) is 2.45. The van der Waals surface area contributed by atoms with Crippen LogP contribution >= 0.6 is 0 Å². The maximum absolute atomic E-state index is 5.86. The van der Waals surface area contributed by atoms with Crippen LogP contribution in [0.2, 0.25) is 0 Å². The van der Waals surface area contributed by atoms with E-state index in [-0.39, 0.29) is 0 Å². The summed E-state index contributed by atoms with van der Waals surface area (Å²) in [5, 5.41) is 3.60. The SMILES string of the molecule is CCCCC(CC)COCCCC(CC)NCCC. The maximum Gasteiger partial charge on any atom is 0.0494 e. The molecule has 0 aliphatic rings. The van der Waals surface area contributed by atoms with Crippen LogP contribution in [0.4, 0.5) is 0 Å². The van der Waals surface area contributed by atoms with Gasteiger partial charge in [0, 0.05) is 19.3 Å². The molecule has 0 aliphatic heterocycles. The molecule has 0 bridgehead atoms. The fourth-order valence-corrected chi connectivity index (χ4v) is 2.38. The summed E-state index contributed by atoms with van der Waals surface area (Å²) in [6, 6.07) is 0.686. The van der Waals surface area contributed by atoms with Crippen LogP contribution in [0.3, 0.4) is 0 Å². The van der Waals surface area contributed by atoms with Crippen LogP contribution in [0.1, 0.15) is 79.1 Å². The Morgan fingerprint density at radius 1 is 0.895 bits per heavy atom. The minimum Gasteiger partial charge on any atom is -0.381 e. The summed E-state index contributed by atoms with van der Waals surface area (Å²) < 4.78 is 5.86. The first-order valence-electron chi connectivity index (χ1n) is 8.59. The molecule has 2 nitrogen and oxygen atoms in total. The van der Waals surface area contributed by atoms with E-state index in [1.165, 1.54) is 51.4 Å². The zero-order valence-corrected chi connectivity index (χ0v) is 13.8. The first-order valence-corrected chi connectivity index (χ1v) is 8.59. The van der Waals surface area contributed by atoms with E-state index < -0.39 is 0 Å². The second-order valence-electron chi connectivity index (χ2n) is 5.69. The van der Waals surface area contributed by atoms with Gasteiger partial charge in [0.25, 0.3) is 0 Å². The third kappa shape index (κ3) is 11.4. The van der Waals surface area contributed by atoms with Gasteiger partial charge in [0.2, 0.25) is 0 Å². The van der Waals surface area contributed by atoms with Crippen molar-refractivity contribution in [2.24, 2.45) is 5.92 Å². The second kappa shape index (κ2) is 14.3. The van der Waals surface area contributed by atoms with Gasteiger partial charge in [0.15, 0.2) is 0 Å². The molecule has 19 heavy (non-hydrogen) atoms. The summed E-state index contributed by atoms with van der Waals surface area (Å²) in [4.78, 5) is 0. The first-order chi connectivity index (χ1) is 9.28. The Morgan fingerprint density at radius 2 is 1.68 bits per heavy atom. The van der Waals surface area contributed by atoms with Crippen molar-refractivity contribution < 1.29 is 4.74 Å². The number of unbranched alkanes of at least 4 members (excludes halogenated alkanes) is 1. The van der Waals surface area contributed by atoms with E-state index in [1.54, 1.807) is 0 Å². The van der Waals surface area contributed by atoms with Gasteiger partial charge in [-0.2, -0.15) is 0 Å². The van der Waals surface area contributed by atoms with Crippen LogP contribution in [-0.2, 0) is 4.74 Å². The van der Waals surface area contributed by atoms with E-state index in [4.69, 9.17) is 4.74 Å². The number of ether oxygens (including phenoxy) is 1. The van der Waals surface area contributed by atoms with Gasteiger partial charge in [-0.25, -0.2) is 0 Å². The molecule has 0 rings (SSSR count). The highest BCUT2D eigenvalue weighted by Crippen LogP contribution is 2.13. The Kier molecular flexibility index (Phi) is 14.3. The normalized spacial score (nSPS) is 14.5. The molecule has 0 aromatic heterocycles. The van der Waals surface area contributed by atoms with Crippen LogP contribution in [0.5, 0.6) is 0 Å². The highest BCUT2D eigenvalue weighted by atomic mass is 16.5. The summed E-state index contributed by atoms with van der Waals surface area (Å²) in [7, 11) is 0. The Hall–Kier alpha value is -0.0800. The van der Waals surface area contributed by atoms with Crippen molar-refractivity contribution in [2.45, 2.75) is 85.1 Å². The molecule has 2 atom stereocenters. The molecule has 0 fully saturated rings. The molecule has 0 aromatic carbocycles. The third-order valence-corrected chi connectivity index (χ3v) is 3.91. The molecule has 0 aliphatic carbocycles. The van der Waals surface area contributed by atoms with Crippen molar-refractivity contribution in [3.63, 3.8) is 0 Å². The Morgan fingerprint density at radius 3 is 2.26 bits per heavy atom. The lowest BCUT2D eigenvalue weighted by atomic mass is 10.0. The van der Waals surface area contributed by atoms with Crippen LogP contribution in [0.25, 0.3) is 0 Å². The van der Waals surface area contributed by atoms with Crippen molar-refractivity contribution in [3.05, 3.63) is 0 Å². The minimum absolute atomic E-state index is 0.686. The summed E-state index contributed by atoms with van der Waals surface area (Å²) in [5.41, 5.74) is 0. The maximum atomic E-state index is 5.86. The molecule has 116 valence electrons. The van der Waals surface area contributed by atoms with Crippen LogP contribution in [-0.4, -0.2) is 25.8 Å². The number of hydrogen-bond donors (Lipinski definition) is 1. The molecule has 2 unspecified atom stereocenters. The second-order valence-corrected chi connectivity index (χ2v) is 5.69. The average molecular weight is 271 g/mol. The molecule has 0 heterocycles. The van der Waals surface area contributed by atoms with Crippen molar-refractivity contribution in [3.8, 4) is 0 Å². The molecule has 1 N–H and O–H groups in total. The van der Waals surface area contributed by atoms with Crippen molar-refractivity contribution in [1.29, 1.82) is 0 Å². The van der Waals surface area contributed by atoms with Crippen molar-refractivity contribution in [1.82, 2.24) is 5.32 Å². The highest BCUT2D eigenvalue weighted by molar-refractivity contribution is 4.64. The smallest absolute Gasteiger partial charge is 0.0494 e. The van der Waals surface area contributed by atoms with Gasteiger partial charge in [-0.1, -0.05) is 47.0 Å². The molecule has 0 spiro atoms. The lowest BCUT2D eigenvalue weighted by molar-refractivity contribution is 0.0895. The van der Waals surface area contributed by atoms with E-state index in [0.717, 1.165) is 25.7 Å².